The Labute approximate surface area is 164 Å². The molecule has 0 atom stereocenters. The van der Waals surface area contributed by atoms with Gasteiger partial charge in [-0.2, -0.15) is 0 Å². The molecule has 0 saturated carbocycles. The van der Waals surface area contributed by atoms with E-state index in [1.165, 1.54) is 7.11 Å². The third-order valence-electron chi connectivity index (χ3n) is 4.30. The number of carbonyl (C=O) groups excluding carboxylic acids is 1. The summed E-state index contributed by atoms with van der Waals surface area (Å²) in [6.45, 7) is 0. The highest BCUT2D eigenvalue weighted by Gasteiger charge is 2.14. The Bertz CT molecular complexity index is 1120. The predicted octanol–water partition coefficient (Wildman–Crippen LogP) is 5.64. The van der Waals surface area contributed by atoms with Crippen LogP contribution in [0.3, 0.4) is 0 Å². The van der Waals surface area contributed by atoms with Gasteiger partial charge in [-0.15, -0.1) is 0 Å². The van der Waals surface area contributed by atoms with Gasteiger partial charge in [0.05, 0.1) is 18.0 Å². The van der Waals surface area contributed by atoms with E-state index in [2.05, 4.69) is 33.0 Å². The second-order valence-corrected chi connectivity index (χ2v) is 7.00. The van der Waals surface area contributed by atoms with Crippen molar-refractivity contribution in [3.8, 4) is 22.6 Å². The number of benzene rings is 3. The molecule has 27 heavy (non-hydrogen) atoms. The molecule has 0 unspecified atom stereocenters. The first-order valence-corrected chi connectivity index (χ1v) is 9.25. The molecular weight excluding hydrogens is 406 g/mol. The van der Waals surface area contributed by atoms with Crippen LogP contribution in [0, 0.1) is 0 Å². The van der Waals surface area contributed by atoms with Crippen LogP contribution in [-0.2, 0) is 16.0 Å². The summed E-state index contributed by atoms with van der Waals surface area (Å²) in [6.07, 6.45) is 0.215. The molecule has 0 radical (unpaired) electrons. The van der Waals surface area contributed by atoms with E-state index < -0.39 is 0 Å². The van der Waals surface area contributed by atoms with Crippen LogP contribution in [0.5, 0.6) is 0 Å². The maximum absolute atomic E-state index is 11.5. The van der Waals surface area contributed by atoms with E-state index in [-0.39, 0.29) is 12.4 Å². The highest BCUT2D eigenvalue weighted by Crippen LogP contribution is 2.34. The summed E-state index contributed by atoms with van der Waals surface area (Å²) < 4.78 is 11.6. The molecule has 4 aromatic rings. The van der Waals surface area contributed by atoms with Crippen molar-refractivity contribution in [1.82, 2.24) is 4.98 Å². The quantitative estimate of drug-likeness (QED) is 0.400. The van der Waals surface area contributed by atoms with Crippen LogP contribution in [0.4, 0.5) is 0 Å². The summed E-state index contributed by atoms with van der Waals surface area (Å²) in [5, 5.41) is 0. The molecule has 0 aliphatic rings. The normalized spacial score (nSPS) is 10.9. The number of rotatable bonds is 4. The second kappa shape index (κ2) is 7.37. The topological polar surface area (TPSA) is 52.3 Å². The molecule has 4 nitrogen and oxygen atoms in total. The Morgan fingerprint density at radius 2 is 1.78 bits per heavy atom. The van der Waals surface area contributed by atoms with Gasteiger partial charge in [0, 0.05) is 5.56 Å². The lowest BCUT2D eigenvalue weighted by Crippen LogP contribution is -2.04. The van der Waals surface area contributed by atoms with Crippen LogP contribution in [0.2, 0.25) is 0 Å². The zero-order valence-corrected chi connectivity index (χ0v) is 16.2. The summed E-state index contributed by atoms with van der Waals surface area (Å²) in [7, 11) is 1.38. The molecule has 4 rings (SSSR count). The average molecular weight is 422 g/mol. The van der Waals surface area contributed by atoms with Gasteiger partial charge in [-0.1, -0.05) is 42.5 Å². The molecule has 0 fully saturated rings. The third kappa shape index (κ3) is 3.64. The Morgan fingerprint density at radius 1 is 1.00 bits per heavy atom. The van der Waals surface area contributed by atoms with Gasteiger partial charge >= 0.3 is 5.97 Å². The molecule has 134 valence electrons. The summed E-state index contributed by atoms with van der Waals surface area (Å²) in [4.78, 5) is 16.2. The van der Waals surface area contributed by atoms with Crippen LogP contribution in [0.1, 0.15) is 5.56 Å². The van der Waals surface area contributed by atoms with Gasteiger partial charge in [0.25, 0.3) is 0 Å². The van der Waals surface area contributed by atoms with Gasteiger partial charge < -0.3 is 9.15 Å². The first kappa shape index (κ1) is 17.5. The number of halogens is 1. The van der Waals surface area contributed by atoms with Gasteiger partial charge in [0.2, 0.25) is 5.89 Å². The van der Waals surface area contributed by atoms with E-state index in [1.807, 2.05) is 54.6 Å². The largest absolute Gasteiger partial charge is 0.469 e. The van der Waals surface area contributed by atoms with E-state index in [9.17, 15) is 4.79 Å². The number of ether oxygens (including phenoxy) is 1. The lowest BCUT2D eigenvalue weighted by atomic mass is 10.1. The Kier molecular flexibility index (Phi) is 4.77. The van der Waals surface area contributed by atoms with Gasteiger partial charge in [0.15, 0.2) is 5.58 Å². The van der Waals surface area contributed by atoms with Crippen molar-refractivity contribution in [2.24, 2.45) is 0 Å². The van der Waals surface area contributed by atoms with E-state index in [0.29, 0.717) is 11.5 Å². The molecule has 0 amide bonds. The summed E-state index contributed by atoms with van der Waals surface area (Å²) >= 11 is 3.59. The smallest absolute Gasteiger partial charge is 0.309 e. The maximum atomic E-state index is 11.5. The SMILES string of the molecule is COC(=O)Cc1cccc(-c2nc3cc(-c4ccccc4)cc(Br)c3o2)c1. The standard InChI is InChI=1S/C22H16BrNO3/c1-26-20(25)11-14-6-5-9-16(10-14)22-24-19-13-17(12-18(23)21(19)27-22)15-7-3-2-4-8-15/h2-10,12-13H,11H2,1H3. The fraction of sp³-hybridized carbons (Fsp3) is 0.0909. The molecule has 0 aliphatic carbocycles. The number of aromatic nitrogens is 1. The maximum Gasteiger partial charge on any atom is 0.309 e. The lowest BCUT2D eigenvalue weighted by molar-refractivity contribution is -0.139. The van der Waals surface area contributed by atoms with Crippen molar-refractivity contribution in [1.29, 1.82) is 0 Å². The lowest BCUT2D eigenvalue weighted by Gasteiger charge is -2.02. The van der Waals surface area contributed by atoms with E-state index in [1.54, 1.807) is 0 Å². The van der Waals surface area contributed by atoms with Crippen LogP contribution < -0.4 is 0 Å². The molecule has 1 aromatic heterocycles. The van der Waals surface area contributed by atoms with Crippen LogP contribution in [0.25, 0.3) is 33.7 Å². The predicted molar refractivity (Wildman–Crippen MR) is 108 cm³/mol. The van der Waals surface area contributed by atoms with Crippen molar-refractivity contribution in [2.45, 2.75) is 6.42 Å². The summed E-state index contributed by atoms with van der Waals surface area (Å²) in [6, 6.07) is 21.7. The molecule has 0 aliphatic heterocycles. The number of hydrogen-bond donors (Lipinski definition) is 0. The van der Waals surface area contributed by atoms with Gasteiger partial charge in [-0.25, -0.2) is 4.98 Å². The summed E-state index contributed by atoms with van der Waals surface area (Å²) in [5.74, 6) is 0.239. The minimum atomic E-state index is -0.278. The fourth-order valence-electron chi connectivity index (χ4n) is 2.97. The molecule has 0 N–H and O–H groups in total. The average Bonchev–Trinajstić information content (AvgIpc) is 3.14. The van der Waals surface area contributed by atoms with E-state index in [0.717, 1.165) is 32.2 Å². The van der Waals surface area contributed by atoms with Crippen LogP contribution in [-0.4, -0.2) is 18.1 Å². The molecule has 0 saturated heterocycles. The molecule has 1 heterocycles. The number of nitrogens with zero attached hydrogens (tertiary/aromatic N) is 1. The van der Waals surface area contributed by atoms with Gasteiger partial charge in [0.1, 0.15) is 5.52 Å². The number of fused-ring (bicyclic) bond motifs is 1. The Morgan fingerprint density at radius 3 is 2.56 bits per heavy atom. The second-order valence-electron chi connectivity index (χ2n) is 6.14. The van der Waals surface area contributed by atoms with Crippen molar-refractivity contribution < 1.29 is 13.9 Å². The molecular formula is C22H16BrNO3. The molecule has 0 bridgehead atoms. The Hall–Kier alpha value is -2.92. The summed E-state index contributed by atoms with van der Waals surface area (Å²) in [5.41, 5.74) is 5.32. The minimum absolute atomic E-state index is 0.215. The number of methoxy groups -OCH3 is 1. The first-order valence-electron chi connectivity index (χ1n) is 8.45. The van der Waals surface area contributed by atoms with Crippen LogP contribution in [0.15, 0.2) is 75.6 Å². The number of esters is 1. The highest BCUT2D eigenvalue weighted by atomic mass is 79.9. The fourth-order valence-corrected chi connectivity index (χ4v) is 3.50. The number of oxazole rings is 1. The zero-order chi connectivity index (χ0) is 18.8. The third-order valence-corrected chi connectivity index (χ3v) is 4.89. The molecule has 0 spiro atoms. The highest BCUT2D eigenvalue weighted by molar-refractivity contribution is 9.10. The van der Waals surface area contributed by atoms with Crippen molar-refractivity contribution in [3.05, 3.63) is 76.8 Å². The first-order chi connectivity index (χ1) is 13.1. The van der Waals surface area contributed by atoms with Crippen molar-refractivity contribution in [2.75, 3.05) is 7.11 Å². The Balaban J connectivity index is 1.75. The molecule has 5 heteroatoms. The number of hydrogen-bond acceptors (Lipinski definition) is 4. The minimum Gasteiger partial charge on any atom is -0.469 e. The zero-order valence-electron chi connectivity index (χ0n) is 14.6. The van der Waals surface area contributed by atoms with Crippen LogP contribution >= 0.6 is 15.9 Å². The monoisotopic (exact) mass is 421 g/mol. The van der Waals surface area contributed by atoms with Crippen molar-refractivity contribution >= 4 is 33.0 Å². The van der Waals surface area contributed by atoms with Crippen molar-refractivity contribution in [3.63, 3.8) is 0 Å². The van der Waals surface area contributed by atoms with E-state index in [4.69, 9.17) is 9.15 Å². The van der Waals surface area contributed by atoms with E-state index >= 15 is 0 Å². The van der Waals surface area contributed by atoms with Gasteiger partial charge in [-0.05, 0) is 56.9 Å². The number of carbonyl (C=O) groups is 1. The molecule has 3 aromatic carbocycles. The van der Waals surface area contributed by atoms with Gasteiger partial charge in [-0.3, -0.25) is 4.79 Å².